The van der Waals surface area contributed by atoms with Crippen LogP contribution in [0.1, 0.15) is 43.2 Å². The van der Waals surface area contributed by atoms with Gasteiger partial charge in [0.25, 0.3) is 0 Å². The summed E-state index contributed by atoms with van der Waals surface area (Å²) < 4.78 is 80.0. The second-order valence-corrected chi connectivity index (χ2v) is 8.56. The molecule has 178 valence electrons. The second kappa shape index (κ2) is 10.1. The Bertz CT molecular complexity index is 1210. The second-order valence-electron chi connectivity index (χ2n) is 8.56. The van der Waals surface area contributed by atoms with Crippen molar-refractivity contribution in [2.24, 2.45) is 0 Å². The third-order valence-electron chi connectivity index (χ3n) is 6.36. The molecule has 1 saturated heterocycles. The molecule has 3 aromatic rings. The normalized spacial score (nSPS) is 18.2. The van der Waals surface area contributed by atoms with Gasteiger partial charge in [-0.3, -0.25) is 0 Å². The molecule has 2 atom stereocenters. The number of benzene rings is 3. The Morgan fingerprint density at radius 1 is 0.824 bits per heavy atom. The highest BCUT2D eigenvalue weighted by Crippen LogP contribution is 2.37. The molecule has 0 aliphatic carbocycles. The lowest BCUT2D eigenvalue weighted by Crippen LogP contribution is -2.23. The average Bonchev–Trinajstić information content (AvgIpc) is 2.84. The van der Waals surface area contributed by atoms with E-state index in [2.05, 4.69) is 6.58 Å². The van der Waals surface area contributed by atoms with Gasteiger partial charge in [0.15, 0.2) is 23.3 Å². The molecule has 0 radical (unpaired) electrons. The van der Waals surface area contributed by atoms with Crippen molar-refractivity contribution in [2.75, 3.05) is 6.61 Å². The number of rotatable bonds is 6. The highest BCUT2D eigenvalue weighted by Gasteiger charge is 2.27. The van der Waals surface area contributed by atoms with E-state index in [1.54, 1.807) is 12.1 Å². The lowest BCUT2D eigenvalue weighted by molar-refractivity contribution is 0.0320. The molecule has 0 saturated carbocycles. The molecule has 0 bridgehead atoms. The van der Waals surface area contributed by atoms with E-state index in [9.17, 15) is 22.0 Å². The van der Waals surface area contributed by atoms with Crippen molar-refractivity contribution in [1.82, 2.24) is 0 Å². The minimum Gasteiger partial charge on any atom is -0.374 e. The molecule has 0 spiro atoms. The zero-order valence-corrected chi connectivity index (χ0v) is 18.8. The molecule has 0 amide bonds. The third kappa shape index (κ3) is 4.51. The van der Waals surface area contributed by atoms with E-state index in [1.807, 2.05) is 6.92 Å². The maximum Gasteiger partial charge on any atom is 0.167 e. The summed E-state index contributed by atoms with van der Waals surface area (Å²) in [5.74, 6) is -6.07. The SMILES string of the molecule is C=CC1CCC(c2ccc(-c3ccc(-c4ccc(CCC)cc4F)c(F)c3F)c(F)c2F)CO1. The van der Waals surface area contributed by atoms with E-state index >= 15 is 0 Å². The van der Waals surface area contributed by atoms with Crippen molar-refractivity contribution in [3.05, 3.63) is 95.3 Å². The predicted octanol–water partition coefficient (Wildman–Crippen LogP) is 8.12. The van der Waals surface area contributed by atoms with Gasteiger partial charge in [0.05, 0.1) is 12.7 Å². The minimum absolute atomic E-state index is 0.0973. The number of hydrogen-bond donors (Lipinski definition) is 0. The number of hydrogen-bond acceptors (Lipinski definition) is 1. The summed E-state index contributed by atoms with van der Waals surface area (Å²) in [7, 11) is 0. The number of aryl methyl sites for hydroxylation is 1. The molecule has 1 aliphatic rings. The van der Waals surface area contributed by atoms with Crippen LogP contribution in [0, 0.1) is 29.1 Å². The Morgan fingerprint density at radius 2 is 1.41 bits per heavy atom. The van der Waals surface area contributed by atoms with E-state index in [0.29, 0.717) is 19.3 Å². The Morgan fingerprint density at radius 3 is 1.97 bits per heavy atom. The quantitative estimate of drug-likeness (QED) is 0.260. The van der Waals surface area contributed by atoms with E-state index in [4.69, 9.17) is 4.74 Å². The van der Waals surface area contributed by atoms with E-state index < -0.39 is 40.2 Å². The van der Waals surface area contributed by atoms with E-state index in [-0.39, 0.29) is 35.3 Å². The molecule has 1 aliphatic heterocycles. The van der Waals surface area contributed by atoms with Gasteiger partial charge in [0, 0.05) is 28.2 Å². The lowest BCUT2D eigenvalue weighted by atomic mass is 9.89. The molecular weight excluding hydrogens is 447 g/mol. The molecular formula is C28H25F5O. The predicted molar refractivity (Wildman–Crippen MR) is 123 cm³/mol. The van der Waals surface area contributed by atoms with Crippen LogP contribution in [0.5, 0.6) is 0 Å². The van der Waals surface area contributed by atoms with Gasteiger partial charge in [0.1, 0.15) is 5.82 Å². The lowest BCUT2D eigenvalue weighted by Gasteiger charge is -2.28. The van der Waals surface area contributed by atoms with E-state index in [1.165, 1.54) is 30.3 Å². The average molecular weight is 472 g/mol. The summed E-state index contributed by atoms with van der Waals surface area (Å²) in [6.07, 6.45) is 4.26. The van der Waals surface area contributed by atoms with Crippen LogP contribution < -0.4 is 0 Å². The Balaban J connectivity index is 1.67. The molecule has 6 heteroatoms. The Kier molecular flexibility index (Phi) is 7.17. The van der Waals surface area contributed by atoms with Crippen LogP contribution in [0.25, 0.3) is 22.3 Å². The molecule has 34 heavy (non-hydrogen) atoms. The number of halogens is 5. The summed E-state index contributed by atoms with van der Waals surface area (Å²) in [6, 6.07) is 9.30. The van der Waals surface area contributed by atoms with Crippen LogP contribution >= 0.6 is 0 Å². The first-order valence-electron chi connectivity index (χ1n) is 11.3. The molecule has 1 nitrogen and oxygen atoms in total. The Hall–Kier alpha value is -2.99. The van der Waals surface area contributed by atoms with Gasteiger partial charge in [-0.05, 0) is 36.5 Å². The van der Waals surface area contributed by atoms with Gasteiger partial charge >= 0.3 is 0 Å². The molecule has 1 fully saturated rings. The van der Waals surface area contributed by atoms with Crippen molar-refractivity contribution >= 4 is 0 Å². The molecule has 0 aromatic heterocycles. The molecule has 4 rings (SSSR count). The van der Waals surface area contributed by atoms with Crippen molar-refractivity contribution < 1.29 is 26.7 Å². The smallest absolute Gasteiger partial charge is 0.167 e. The Labute approximate surface area is 195 Å². The molecule has 3 aromatic carbocycles. The zero-order chi connectivity index (χ0) is 24.4. The monoisotopic (exact) mass is 472 g/mol. The molecule has 1 heterocycles. The standard InChI is InChI=1S/C28H25F5O/c1-3-5-16-6-9-20(24(29)14-16)21-12-13-23(28(33)26(21)31)22-11-10-19(25(30)27(22)32)17-7-8-18(4-2)34-15-17/h4,6,9-14,17-18H,2-3,5,7-8,15H2,1H3. The largest absolute Gasteiger partial charge is 0.374 e. The van der Waals surface area contributed by atoms with Gasteiger partial charge in [0.2, 0.25) is 0 Å². The van der Waals surface area contributed by atoms with Crippen LogP contribution in [0.2, 0.25) is 0 Å². The number of ether oxygens (including phenoxy) is 1. The first-order chi connectivity index (χ1) is 16.3. The van der Waals surface area contributed by atoms with Crippen molar-refractivity contribution in [3.8, 4) is 22.3 Å². The fourth-order valence-corrected chi connectivity index (χ4v) is 4.48. The summed E-state index contributed by atoms with van der Waals surface area (Å²) in [4.78, 5) is 0. The van der Waals surface area contributed by atoms with Crippen molar-refractivity contribution in [3.63, 3.8) is 0 Å². The van der Waals surface area contributed by atoms with Gasteiger partial charge in [-0.1, -0.05) is 55.8 Å². The van der Waals surface area contributed by atoms with Gasteiger partial charge in [-0.2, -0.15) is 0 Å². The summed E-state index contributed by atoms with van der Waals surface area (Å²) in [5.41, 5.74) is -0.324. The van der Waals surface area contributed by atoms with Crippen LogP contribution in [-0.4, -0.2) is 12.7 Å². The van der Waals surface area contributed by atoms with Crippen molar-refractivity contribution in [2.45, 2.75) is 44.6 Å². The van der Waals surface area contributed by atoms with Gasteiger partial charge in [-0.15, -0.1) is 6.58 Å². The highest BCUT2D eigenvalue weighted by molar-refractivity contribution is 5.73. The van der Waals surface area contributed by atoms with Gasteiger partial charge in [-0.25, -0.2) is 22.0 Å². The minimum atomic E-state index is -1.37. The maximum absolute atomic E-state index is 15.0. The topological polar surface area (TPSA) is 9.23 Å². The zero-order valence-electron chi connectivity index (χ0n) is 18.8. The summed E-state index contributed by atoms with van der Waals surface area (Å²) in [6.45, 7) is 5.84. The van der Waals surface area contributed by atoms with Crippen LogP contribution in [0.3, 0.4) is 0 Å². The fourth-order valence-electron chi connectivity index (χ4n) is 4.48. The highest BCUT2D eigenvalue weighted by atomic mass is 19.2. The van der Waals surface area contributed by atoms with E-state index in [0.717, 1.165) is 18.1 Å². The first-order valence-corrected chi connectivity index (χ1v) is 11.3. The first kappa shape index (κ1) is 24.1. The van der Waals surface area contributed by atoms with Gasteiger partial charge < -0.3 is 4.74 Å². The molecule has 0 N–H and O–H groups in total. The molecule has 2 unspecified atom stereocenters. The summed E-state index contributed by atoms with van der Waals surface area (Å²) >= 11 is 0. The van der Waals surface area contributed by atoms with Crippen LogP contribution in [-0.2, 0) is 11.2 Å². The van der Waals surface area contributed by atoms with Crippen LogP contribution in [0.15, 0.2) is 55.1 Å². The fraction of sp³-hybridized carbons (Fsp3) is 0.286. The van der Waals surface area contributed by atoms with Crippen molar-refractivity contribution in [1.29, 1.82) is 0 Å². The summed E-state index contributed by atoms with van der Waals surface area (Å²) in [5, 5.41) is 0. The van der Waals surface area contributed by atoms with Crippen LogP contribution in [0.4, 0.5) is 22.0 Å². The third-order valence-corrected chi connectivity index (χ3v) is 6.36. The maximum atomic E-state index is 15.0.